The lowest BCUT2D eigenvalue weighted by atomic mass is 10.1. The van der Waals surface area contributed by atoms with Gasteiger partial charge < -0.3 is 9.05 Å². The summed E-state index contributed by atoms with van der Waals surface area (Å²) in [5.41, 5.74) is 0. The van der Waals surface area contributed by atoms with E-state index in [4.69, 9.17) is 9.05 Å². The van der Waals surface area contributed by atoms with E-state index in [2.05, 4.69) is 24.3 Å². The zero-order chi connectivity index (χ0) is 24.8. The molecule has 194 valence electrons. The van der Waals surface area contributed by atoms with E-state index in [9.17, 15) is 9.13 Å². The largest absolute Gasteiger partial charge is 0.433 e. The van der Waals surface area contributed by atoms with Crippen molar-refractivity contribution in [1.82, 2.24) is 0 Å². The average molecular weight is 527 g/mol. The van der Waals surface area contributed by atoms with E-state index in [0.717, 1.165) is 124 Å². The Hall–Kier alpha value is -1.76. The third-order valence-corrected chi connectivity index (χ3v) is 13.4. The van der Waals surface area contributed by atoms with Crippen LogP contribution in [-0.4, -0.2) is 0 Å². The number of rotatable bonds is 8. The second kappa shape index (κ2) is 11.7. The molecule has 5 rings (SSSR count). The number of para-hydroxylation sites is 2. The first-order valence-electron chi connectivity index (χ1n) is 14.1. The van der Waals surface area contributed by atoms with Gasteiger partial charge in [-0.2, -0.15) is 0 Å². The summed E-state index contributed by atoms with van der Waals surface area (Å²) in [6.45, 7) is 0. The van der Waals surface area contributed by atoms with E-state index in [1.54, 1.807) is 0 Å². The van der Waals surface area contributed by atoms with Crippen molar-refractivity contribution in [2.45, 2.75) is 103 Å². The maximum Gasteiger partial charge on any atom is 0.298 e. The summed E-state index contributed by atoms with van der Waals surface area (Å²) in [7, 11) is -6.45. The molecule has 0 saturated carbocycles. The molecule has 1 aromatic rings. The van der Waals surface area contributed by atoms with Gasteiger partial charge in [-0.15, -0.1) is 0 Å². The minimum absolute atomic E-state index is 0.451. The van der Waals surface area contributed by atoms with Gasteiger partial charge in [0.15, 0.2) is 11.5 Å². The summed E-state index contributed by atoms with van der Waals surface area (Å²) in [4.78, 5) is 0. The first kappa shape index (κ1) is 25.9. The number of hydrogen-bond acceptors (Lipinski definition) is 4. The molecule has 4 aliphatic rings. The van der Waals surface area contributed by atoms with E-state index in [-0.39, 0.29) is 0 Å². The summed E-state index contributed by atoms with van der Waals surface area (Å²) >= 11 is 0. The monoisotopic (exact) mass is 526 g/mol. The third-order valence-electron chi connectivity index (χ3n) is 7.88. The van der Waals surface area contributed by atoms with Crippen molar-refractivity contribution in [3.63, 3.8) is 0 Å². The number of benzene rings is 1. The number of allylic oxidation sites excluding steroid dienone is 8. The summed E-state index contributed by atoms with van der Waals surface area (Å²) < 4.78 is 42.5. The van der Waals surface area contributed by atoms with Crippen molar-refractivity contribution in [2.24, 2.45) is 0 Å². The molecule has 0 aliphatic heterocycles. The van der Waals surface area contributed by atoms with Crippen LogP contribution in [0.3, 0.4) is 0 Å². The van der Waals surface area contributed by atoms with Crippen LogP contribution in [-0.2, 0) is 9.13 Å². The summed E-state index contributed by atoms with van der Waals surface area (Å²) in [6.07, 6.45) is 24.4. The Bertz CT molecular complexity index is 1020. The maximum absolute atomic E-state index is 14.7. The maximum atomic E-state index is 14.7. The lowest BCUT2D eigenvalue weighted by Gasteiger charge is -2.31. The lowest BCUT2D eigenvalue weighted by molar-refractivity contribution is 0.452. The molecule has 0 aromatic heterocycles. The Morgan fingerprint density at radius 3 is 1.03 bits per heavy atom. The Kier molecular flexibility index (Phi) is 8.44. The van der Waals surface area contributed by atoms with Crippen LogP contribution in [0.1, 0.15) is 103 Å². The van der Waals surface area contributed by atoms with E-state index < -0.39 is 14.7 Å². The fraction of sp³-hybridized carbons (Fsp3) is 0.533. The van der Waals surface area contributed by atoms with E-state index >= 15 is 0 Å². The average Bonchev–Trinajstić information content (AvgIpc) is 2.96. The fourth-order valence-electron chi connectivity index (χ4n) is 5.84. The van der Waals surface area contributed by atoms with Gasteiger partial charge in [0.1, 0.15) is 0 Å². The first-order chi connectivity index (χ1) is 17.6. The highest BCUT2D eigenvalue weighted by atomic mass is 31.2. The van der Waals surface area contributed by atoms with E-state index in [1.165, 1.54) is 0 Å². The quantitative estimate of drug-likeness (QED) is 0.316. The van der Waals surface area contributed by atoms with Crippen LogP contribution in [0.4, 0.5) is 0 Å². The Morgan fingerprint density at radius 2 is 0.778 bits per heavy atom. The zero-order valence-corrected chi connectivity index (χ0v) is 23.2. The molecule has 4 aliphatic carbocycles. The zero-order valence-electron chi connectivity index (χ0n) is 21.5. The molecule has 0 N–H and O–H groups in total. The SMILES string of the molecule is O=P(Oc1ccccc1OP(=O)(C1=CCCCC1)C1=CCCCC1)(C1=CCCCC1)C1=CCCCC1. The second-order valence-electron chi connectivity index (χ2n) is 10.5. The van der Waals surface area contributed by atoms with Gasteiger partial charge in [0.2, 0.25) is 0 Å². The molecule has 0 fully saturated rings. The first-order valence-corrected chi connectivity index (χ1v) is 17.3. The lowest BCUT2D eigenvalue weighted by Crippen LogP contribution is -2.08. The summed E-state index contributed by atoms with van der Waals surface area (Å²) in [6, 6.07) is 7.45. The smallest absolute Gasteiger partial charge is 0.298 e. The molecule has 0 unspecified atom stereocenters. The highest BCUT2D eigenvalue weighted by molar-refractivity contribution is 7.68. The molecule has 0 atom stereocenters. The molecular weight excluding hydrogens is 486 g/mol. The predicted octanol–water partition coefficient (Wildman–Crippen LogP) is 10.8. The Morgan fingerprint density at radius 1 is 0.472 bits per heavy atom. The standard InChI is InChI=1S/C30H40O4P2/c31-35(25-15-5-1-6-16-25,26-17-7-2-8-18-26)33-29-23-13-14-24-30(29)34-36(32,27-19-9-3-10-20-27)28-21-11-4-12-22-28/h13-15,17,19,21,23-24H,1-12,16,18,20,22H2. The van der Waals surface area contributed by atoms with Crippen LogP contribution in [0.25, 0.3) is 0 Å². The Balaban J connectivity index is 1.52. The highest BCUT2D eigenvalue weighted by Gasteiger charge is 2.39. The molecule has 1 aromatic carbocycles. The summed E-state index contributed by atoms with van der Waals surface area (Å²) in [5.74, 6) is 0.902. The fourth-order valence-corrected chi connectivity index (χ4v) is 11.2. The second-order valence-corrected chi connectivity index (χ2v) is 15.4. The van der Waals surface area contributed by atoms with Gasteiger partial charge >= 0.3 is 0 Å². The van der Waals surface area contributed by atoms with Gasteiger partial charge in [0.05, 0.1) is 0 Å². The van der Waals surface area contributed by atoms with Crippen LogP contribution in [0.5, 0.6) is 11.5 Å². The van der Waals surface area contributed by atoms with E-state index in [1.807, 2.05) is 24.3 Å². The van der Waals surface area contributed by atoms with Crippen molar-refractivity contribution in [1.29, 1.82) is 0 Å². The van der Waals surface area contributed by atoms with Crippen molar-refractivity contribution >= 4 is 14.7 Å². The minimum atomic E-state index is -3.23. The van der Waals surface area contributed by atoms with Gasteiger partial charge in [0, 0.05) is 21.3 Å². The van der Waals surface area contributed by atoms with Crippen LogP contribution in [0.15, 0.2) is 69.8 Å². The van der Waals surface area contributed by atoms with Crippen molar-refractivity contribution in [3.8, 4) is 11.5 Å². The van der Waals surface area contributed by atoms with Crippen molar-refractivity contribution in [2.75, 3.05) is 0 Å². The summed E-state index contributed by atoms with van der Waals surface area (Å²) in [5, 5.41) is 3.80. The molecule has 0 bridgehead atoms. The topological polar surface area (TPSA) is 52.6 Å². The van der Waals surface area contributed by atoms with Gasteiger partial charge in [0.25, 0.3) is 14.7 Å². The van der Waals surface area contributed by atoms with Crippen LogP contribution in [0.2, 0.25) is 0 Å². The molecule has 36 heavy (non-hydrogen) atoms. The number of hydrogen-bond donors (Lipinski definition) is 0. The highest BCUT2D eigenvalue weighted by Crippen LogP contribution is 2.69. The molecule has 0 amide bonds. The third kappa shape index (κ3) is 5.56. The van der Waals surface area contributed by atoms with Crippen LogP contribution >= 0.6 is 14.7 Å². The molecule has 0 saturated heterocycles. The van der Waals surface area contributed by atoms with Crippen molar-refractivity contribution < 1.29 is 18.2 Å². The van der Waals surface area contributed by atoms with E-state index in [0.29, 0.717) is 11.5 Å². The van der Waals surface area contributed by atoms with Crippen molar-refractivity contribution in [3.05, 3.63) is 69.8 Å². The molecule has 6 heteroatoms. The van der Waals surface area contributed by atoms with Gasteiger partial charge in [-0.3, -0.25) is 9.13 Å². The van der Waals surface area contributed by atoms with Gasteiger partial charge in [-0.25, -0.2) is 0 Å². The van der Waals surface area contributed by atoms with Gasteiger partial charge in [-0.05, 0) is 115 Å². The Labute approximate surface area is 216 Å². The predicted molar refractivity (Wildman–Crippen MR) is 149 cm³/mol. The van der Waals surface area contributed by atoms with Gasteiger partial charge in [-0.1, -0.05) is 36.4 Å². The van der Waals surface area contributed by atoms with Crippen LogP contribution < -0.4 is 9.05 Å². The molecule has 4 nitrogen and oxygen atoms in total. The molecule has 0 radical (unpaired) electrons. The normalized spacial score (nSPS) is 21.6. The minimum Gasteiger partial charge on any atom is -0.433 e. The molecule has 0 heterocycles. The molecule has 0 spiro atoms. The molecular formula is C30H40O4P2. The van der Waals surface area contributed by atoms with Crippen LogP contribution in [0, 0.1) is 0 Å².